The molecule has 3 aliphatic heterocycles. The van der Waals surface area contributed by atoms with Crippen LogP contribution in [-0.4, -0.2) is 105 Å². The van der Waals surface area contributed by atoms with E-state index in [1.165, 1.54) is 4.90 Å². The minimum atomic E-state index is -1.56. The van der Waals surface area contributed by atoms with E-state index < -0.39 is 12.5 Å². The van der Waals surface area contributed by atoms with Crippen LogP contribution < -0.4 is 19.3 Å². The largest absolute Gasteiger partial charge is 0.467 e. The van der Waals surface area contributed by atoms with Gasteiger partial charge >= 0.3 is 12.1 Å². The van der Waals surface area contributed by atoms with Gasteiger partial charge in [-0.05, 0) is 36.3 Å². The summed E-state index contributed by atoms with van der Waals surface area (Å²) in [6.45, 7) is 4.84. The Balaban J connectivity index is 1.09. The van der Waals surface area contributed by atoms with Gasteiger partial charge in [0, 0.05) is 75.6 Å². The predicted molar refractivity (Wildman–Crippen MR) is 190 cm³/mol. The summed E-state index contributed by atoms with van der Waals surface area (Å²) in [4.78, 5) is 30.4. The molecule has 0 bridgehead atoms. The highest BCUT2D eigenvalue weighted by Gasteiger charge is 2.34. The second-order valence-electron chi connectivity index (χ2n) is 13.1. The van der Waals surface area contributed by atoms with Gasteiger partial charge in [-0.2, -0.15) is 9.97 Å². The Morgan fingerprint density at radius 2 is 1.71 bits per heavy atom. The molecule has 1 aromatic heterocycles. The van der Waals surface area contributed by atoms with Crippen molar-refractivity contribution in [2.24, 2.45) is 0 Å². The molecule has 0 aliphatic carbocycles. The number of carbonyl (C=O) groups is 1. The maximum absolute atomic E-state index is 14.2. The Morgan fingerprint density at radius 3 is 2.49 bits per heavy atom. The van der Waals surface area contributed by atoms with Gasteiger partial charge in [0.15, 0.2) is 13.1 Å². The predicted octanol–water partition coefficient (Wildman–Crippen LogP) is 5.74. The number of anilines is 2. The summed E-state index contributed by atoms with van der Waals surface area (Å²) in [5.41, 5.74) is 3.90. The molecule has 0 saturated carbocycles. The third-order valence-electron chi connectivity index (χ3n) is 9.72. The van der Waals surface area contributed by atoms with E-state index in [9.17, 15) is 13.6 Å². The Labute approximate surface area is 296 Å². The zero-order chi connectivity index (χ0) is 35.2. The maximum Gasteiger partial charge on any atom is 0.410 e. The van der Waals surface area contributed by atoms with Crippen molar-refractivity contribution in [3.05, 3.63) is 83.6 Å². The van der Waals surface area contributed by atoms with Crippen LogP contribution in [0.4, 0.5) is 25.1 Å². The SMILES string of the molecule is COCOc1cc(N2CCc3c(nc(OCCCN4CC[C@@H](F)C4F)nc3N3CCN(C(=O)OCc4ccccc4)CC3)C2)c2ccccc2c1. The van der Waals surface area contributed by atoms with E-state index in [2.05, 4.69) is 21.9 Å². The number of ether oxygens (including phenoxy) is 4. The number of amides is 1. The van der Waals surface area contributed by atoms with Gasteiger partial charge in [-0.1, -0.05) is 54.6 Å². The highest BCUT2D eigenvalue weighted by molar-refractivity contribution is 5.95. The molecule has 3 aromatic carbocycles. The zero-order valence-corrected chi connectivity index (χ0v) is 28.9. The lowest BCUT2D eigenvalue weighted by Gasteiger charge is -2.38. The Hall–Kier alpha value is -4.75. The molecule has 0 radical (unpaired) electrons. The number of halogens is 2. The van der Waals surface area contributed by atoms with Crippen LogP contribution in [0.1, 0.15) is 29.7 Å². The van der Waals surface area contributed by atoms with E-state index in [1.807, 2.05) is 54.6 Å². The fourth-order valence-corrected chi connectivity index (χ4v) is 7.01. The third-order valence-corrected chi connectivity index (χ3v) is 9.72. The van der Waals surface area contributed by atoms with E-state index in [1.54, 1.807) is 12.0 Å². The quantitative estimate of drug-likeness (QED) is 0.103. The molecule has 13 heteroatoms. The summed E-state index contributed by atoms with van der Waals surface area (Å²) in [7, 11) is 1.60. The first kappa shape index (κ1) is 34.7. The fraction of sp³-hybridized carbons (Fsp3) is 0.447. The van der Waals surface area contributed by atoms with Gasteiger partial charge in [-0.25, -0.2) is 13.6 Å². The molecule has 51 heavy (non-hydrogen) atoms. The van der Waals surface area contributed by atoms with E-state index >= 15 is 0 Å². The summed E-state index contributed by atoms with van der Waals surface area (Å²) in [5, 5.41) is 2.17. The smallest absolute Gasteiger partial charge is 0.410 e. The monoisotopic (exact) mass is 702 g/mol. The topological polar surface area (TPSA) is 92.7 Å². The number of likely N-dealkylation sites (tertiary alicyclic amines) is 1. The fourth-order valence-electron chi connectivity index (χ4n) is 7.01. The first-order chi connectivity index (χ1) is 25.0. The number of carbonyl (C=O) groups excluding carboxylic acids is 1. The molecule has 7 rings (SSSR count). The average Bonchev–Trinajstić information content (AvgIpc) is 3.49. The van der Waals surface area contributed by atoms with Crippen molar-refractivity contribution in [2.45, 2.75) is 44.9 Å². The third kappa shape index (κ3) is 8.10. The van der Waals surface area contributed by atoms with Crippen LogP contribution in [0, 0.1) is 0 Å². The molecule has 1 unspecified atom stereocenters. The van der Waals surface area contributed by atoms with Gasteiger partial charge in [0.25, 0.3) is 0 Å². The molecule has 2 saturated heterocycles. The van der Waals surface area contributed by atoms with Crippen LogP contribution in [-0.2, 0) is 29.0 Å². The molecular formula is C38H44F2N6O5. The first-order valence-corrected chi connectivity index (χ1v) is 17.6. The first-order valence-electron chi connectivity index (χ1n) is 17.6. The van der Waals surface area contributed by atoms with Gasteiger partial charge in [0.05, 0.1) is 18.8 Å². The lowest BCUT2D eigenvalue weighted by molar-refractivity contribution is 0.0512. The van der Waals surface area contributed by atoms with Crippen molar-refractivity contribution in [2.75, 3.05) is 76.1 Å². The van der Waals surface area contributed by atoms with Crippen molar-refractivity contribution in [1.29, 1.82) is 0 Å². The Morgan fingerprint density at radius 1 is 0.902 bits per heavy atom. The highest BCUT2D eigenvalue weighted by atomic mass is 19.2. The van der Waals surface area contributed by atoms with E-state index in [-0.39, 0.29) is 38.5 Å². The Bertz CT molecular complexity index is 1790. The molecule has 2 fully saturated rings. The van der Waals surface area contributed by atoms with E-state index in [0.29, 0.717) is 58.7 Å². The molecule has 4 heterocycles. The number of hydrogen-bond acceptors (Lipinski definition) is 10. The summed E-state index contributed by atoms with van der Waals surface area (Å²) >= 11 is 0. The zero-order valence-electron chi connectivity index (χ0n) is 28.9. The number of nitrogens with zero attached hydrogens (tertiary/aromatic N) is 6. The van der Waals surface area contributed by atoms with Gasteiger partial charge in [0.2, 0.25) is 0 Å². The number of rotatable bonds is 12. The number of methoxy groups -OCH3 is 1. The molecule has 0 spiro atoms. The van der Waals surface area contributed by atoms with Crippen LogP contribution in [0.3, 0.4) is 0 Å². The molecule has 0 N–H and O–H groups in total. The van der Waals surface area contributed by atoms with E-state index in [4.69, 9.17) is 28.9 Å². The second kappa shape index (κ2) is 16.1. The number of hydrogen-bond donors (Lipinski definition) is 0. The number of fused-ring (bicyclic) bond motifs is 2. The van der Waals surface area contributed by atoms with Gasteiger partial charge in [-0.3, -0.25) is 4.90 Å². The van der Waals surface area contributed by atoms with Crippen LogP contribution in [0.15, 0.2) is 66.7 Å². The highest BCUT2D eigenvalue weighted by Crippen LogP contribution is 2.37. The van der Waals surface area contributed by atoms with E-state index in [0.717, 1.165) is 51.4 Å². The molecule has 2 atom stereocenters. The number of alkyl halides is 2. The standard InChI is InChI=1S/C38H44F2N6O5/c1-48-26-51-29-22-28-10-5-6-11-30(28)34(23-29)46-15-12-31-33(24-46)41-37(49-21-7-14-43-16-13-32(39)35(43)40)42-36(31)44-17-19-45(20-18-44)38(47)50-25-27-8-3-2-4-9-27/h2-6,8-11,22-23,32,35H,7,12-21,24-26H2,1H3/t32-,35?/m1/s1. The summed E-state index contributed by atoms with van der Waals surface area (Å²) in [5.74, 6) is 1.52. The van der Waals surface area contributed by atoms with Crippen LogP contribution in [0.25, 0.3) is 10.8 Å². The van der Waals surface area contributed by atoms with Crippen LogP contribution >= 0.6 is 0 Å². The normalized spacial score (nSPS) is 19.3. The molecule has 11 nitrogen and oxygen atoms in total. The summed E-state index contributed by atoms with van der Waals surface area (Å²) in [6.07, 6.45) is -1.90. The molecule has 3 aliphatic rings. The average molecular weight is 703 g/mol. The molecule has 4 aromatic rings. The van der Waals surface area contributed by atoms with Crippen molar-refractivity contribution in [3.8, 4) is 11.8 Å². The lowest BCUT2D eigenvalue weighted by Crippen LogP contribution is -2.49. The molecule has 270 valence electrons. The van der Waals surface area contributed by atoms with Gasteiger partial charge in [0.1, 0.15) is 24.3 Å². The second-order valence-corrected chi connectivity index (χ2v) is 13.1. The van der Waals surface area contributed by atoms with Crippen LogP contribution in [0.2, 0.25) is 0 Å². The number of benzene rings is 3. The van der Waals surface area contributed by atoms with Crippen molar-refractivity contribution in [1.82, 2.24) is 19.8 Å². The van der Waals surface area contributed by atoms with Gasteiger partial charge in [-0.15, -0.1) is 0 Å². The van der Waals surface area contributed by atoms with Crippen molar-refractivity contribution < 1.29 is 32.5 Å². The van der Waals surface area contributed by atoms with Gasteiger partial charge < -0.3 is 33.6 Å². The maximum atomic E-state index is 14.2. The lowest BCUT2D eigenvalue weighted by atomic mass is 10.0. The molecular weight excluding hydrogens is 658 g/mol. The summed E-state index contributed by atoms with van der Waals surface area (Å²) in [6, 6.07) is 22.2. The minimum absolute atomic E-state index is 0.147. The number of aromatic nitrogens is 2. The molecule has 1 amide bonds. The van der Waals surface area contributed by atoms with Crippen molar-refractivity contribution >= 4 is 28.4 Å². The van der Waals surface area contributed by atoms with Crippen molar-refractivity contribution in [3.63, 3.8) is 0 Å². The number of piperazine rings is 1. The van der Waals surface area contributed by atoms with Crippen LogP contribution in [0.5, 0.6) is 11.8 Å². The minimum Gasteiger partial charge on any atom is -0.467 e. The summed E-state index contributed by atoms with van der Waals surface area (Å²) < 4.78 is 50.6. The Kier molecular flexibility index (Phi) is 10.9.